The Labute approximate surface area is 275 Å². The molecule has 0 saturated heterocycles. The van der Waals surface area contributed by atoms with E-state index in [9.17, 15) is 24.0 Å². The molecule has 12 nitrogen and oxygen atoms in total. The fourth-order valence-corrected chi connectivity index (χ4v) is 4.73. The highest BCUT2D eigenvalue weighted by molar-refractivity contribution is 5.97. The largest absolute Gasteiger partial charge is 0.458 e. The second-order valence-electron chi connectivity index (χ2n) is 13.5. The van der Waals surface area contributed by atoms with E-state index in [-0.39, 0.29) is 18.4 Å². The summed E-state index contributed by atoms with van der Waals surface area (Å²) in [6, 6.07) is 10.6. The minimum atomic E-state index is -1.11. The zero-order valence-electron chi connectivity index (χ0n) is 28.8. The Kier molecular flexibility index (Phi) is 11.9. The third kappa shape index (κ3) is 11.2. The maximum Gasteiger partial charge on any atom is 0.329 e. The van der Waals surface area contributed by atoms with Gasteiger partial charge in [0.15, 0.2) is 0 Å². The first-order valence-electron chi connectivity index (χ1n) is 15.8. The van der Waals surface area contributed by atoms with Gasteiger partial charge in [-0.3, -0.25) is 14.4 Å². The van der Waals surface area contributed by atoms with Crippen molar-refractivity contribution in [2.75, 3.05) is 11.4 Å². The van der Waals surface area contributed by atoms with E-state index in [4.69, 9.17) is 9.47 Å². The van der Waals surface area contributed by atoms with Crippen LogP contribution in [0.4, 0.5) is 5.69 Å². The monoisotopic (exact) mass is 649 g/mol. The van der Waals surface area contributed by atoms with Crippen molar-refractivity contribution < 1.29 is 28.7 Å². The summed E-state index contributed by atoms with van der Waals surface area (Å²) in [5, 5.41) is 5.81. The second kappa shape index (κ2) is 15.2. The van der Waals surface area contributed by atoms with Crippen molar-refractivity contribution in [2.45, 2.75) is 105 Å². The highest BCUT2D eigenvalue weighted by Crippen LogP contribution is 2.20. The summed E-state index contributed by atoms with van der Waals surface area (Å²) in [4.78, 5) is 72.8. The van der Waals surface area contributed by atoms with Gasteiger partial charge in [0, 0.05) is 30.8 Å². The molecule has 0 spiro atoms. The maximum atomic E-state index is 13.3. The zero-order valence-corrected chi connectivity index (χ0v) is 28.8. The lowest BCUT2D eigenvalue weighted by Gasteiger charge is -2.25. The molecule has 1 aromatic heterocycles. The lowest BCUT2D eigenvalue weighted by atomic mass is 10.1. The Morgan fingerprint density at radius 1 is 0.915 bits per heavy atom. The summed E-state index contributed by atoms with van der Waals surface area (Å²) < 4.78 is 10.8. The average molecular weight is 650 g/mol. The molecule has 12 heteroatoms. The van der Waals surface area contributed by atoms with Crippen LogP contribution in [0.25, 0.3) is 10.9 Å². The van der Waals surface area contributed by atoms with Crippen LogP contribution < -0.4 is 21.1 Å². The van der Waals surface area contributed by atoms with E-state index >= 15 is 0 Å². The van der Waals surface area contributed by atoms with Crippen molar-refractivity contribution in [3.8, 4) is 0 Å². The van der Waals surface area contributed by atoms with Crippen molar-refractivity contribution in [1.82, 2.24) is 20.6 Å². The van der Waals surface area contributed by atoms with Gasteiger partial charge in [-0.2, -0.15) is 0 Å². The van der Waals surface area contributed by atoms with Crippen molar-refractivity contribution in [2.24, 2.45) is 0 Å². The number of anilines is 1. The first kappa shape index (κ1) is 36.7. The van der Waals surface area contributed by atoms with Crippen LogP contribution in [0.15, 0.2) is 47.3 Å². The van der Waals surface area contributed by atoms with E-state index in [1.807, 2.05) is 37.3 Å². The number of esters is 2. The molecule has 2 atom stereocenters. The number of rotatable bonds is 12. The Morgan fingerprint density at radius 3 is 2.13 bits per heavy atom. The third-order valence-corrected chi connectivity index (χ3v) is 6.93. The van der Waals surface area contributed by atoms with Crippen LogP contribution in [0.3, 0.4) is 0 Å². The lowest BCUT2D eigenvalue weighted by molar-refractivity contribution is -0.159. The Bertz CT molecular complexity index is 1650. The first-order valence-corrected chi connectivity index (χ1v) is 15.8. The number of hydrogen-bond donors (Lipinski definition) is 3. The fraction of sp³-hybridized carbons (Fsp3) is 0.486. The molecule has 0 unspecified atom stereocenters. The van der Waals surface area contributed by atoms with Crippen LogP contribution in [0.2, 0.25) is 0 Å². The molecule has 1 heterocycles. The third-order valence-electron chi connectivity index (χ3n) is 6.93. The van der Waals surface area contributed by atoms with E-state index in [1.165, 1.54) is 6.92 Å². The highest BCUT2D eigenvalue weighted by atomic mass is 16.6. The molecule has 0 fully saturated rings. The van der Waals surface area contributed by atoms with Crippen molar-refractivity contribution in [3.05, 3.63) is 69.8 Å². The number of nitrogens with one attached hydrogen (secondary N) is 3. The van der Waals surface area contributed by atoms with E-state index in [0.29, 0.717) is 35.4 Å². The minimum Gasteiger partial charge on any atom is -0.458 e. The molecule has 0 bridgehead atoms. The number of nitrogens with zero attached hydrogens (tertiary/aromatic N) is 2. The molecule has 47 heavy (non-hydrogen) atoms. The first-order chi connectivity index (χ1) is 21.8. The van der Waals surface area contributed by atoms with Gasteiger partial charge >= 0.3 is 11.9 Å². The second-order valence-corrected chi connectivity index (χ2v) is 13.5. The highest BCUT2D eigenvalue weighted by Gasteiger charge is 2.29. The number of benzene rings is 2. The summed E-state index contributed by atoms with van der Waals surface area (Å²) in [6.45, 7) is 16.8. The average Bonchev–Trinajstić information content (AvgIpc) is 2.96. The molecular weight excluding hydrogens is 602 g/mol. The molecule has 0 saturated carbocycles. The smallest absolute Gasteiger partial charge is 0.329 e. The Hall–Kier alpha value is -4.74. The molecule has 2 aromatic carbocycles. The van der Waals surface area contributed by atoms with E-state index in [1.54, 1.807) is 60.6 Å². The predicted octanol–water partition coefficient (Wildman–Crippen LogP) is 4.32. The number of hydrogen-bond acceptors (Lipinski definition) is 9. The number of amides is 2. The Morgan fingerprint density at radius 2 is 1.53 bits per heavy atom. The van der Waals surface area contributed by atoms with Crippen LogP contribution in [-0.4, -0.2) is 63.6 Å². The topological polar surface area (TPSA) is 160 Å². The van der Waals surface area contributed by atoms with Gasteiger partial charge < -0.3 is 30.0 Å². The SMILES string of the molecule is CCN(Cc1ccc2nc(C)[nH]c(=O)c2c1)c1ccc(C(=O)N[C@@H](CCC(=O)N[C@@H](C)C(=O)OC(C)(C)C)C(=O)OC(C)(C)C)cc1. The summed E-state index contributed by atoms with van der Waals surface area (Å²) in [7, 11) is 0. The van der Waals surface area contributed by atoms with Gasteiger partial charge in [-0.1, -0.05) is 6.07 Å². The number of carbonyl (C=O) groups is 4. The maximum absolute atomic E-state index is 13.3. The zero-order chi connectivity index (χ0) is 35.1. The van der Waals surface area contributed by atoms with Gasteiger partial charge in [0.1, 0.15) is 29.1 Å². The number of ether oxygens (including phenoxy) is 2. The van der Waals surface area contributed by atoms with Gasteiger partial charge in [0.25, 0.3) is 11.5 Å². The quantitative estimate of drug-likeness (QED) is 0.243. The van der Waals surface area contributed by atoms with Gasteiger partial charge in [0.2, 0.25) is 5.91 Å². The molecule has 254 valence electrons. The molecule has 3 aromatic rings. The van der Waals surface area contributed by atoms with Crippen molar-refractivity contribution >= 4 is 40.3 Å². The minimum absolute atomic E-state index is 0.0428. The van der Waals surface area contributed by atoms with E-state index in [2.05, 4.69) is 25.5 Å². The van der Waals surface area contributed by atoms with Crippen LogP contribution in [0.5, 0.6) is 0 Å². The molecule has 0 aliphatic carbocycles. The molecule has 0 radical (unpaired) electrons. The summed E-state index contributed by atoms with van der Waals surface area (Å²) in [6.07, 6.45) is -0.184. The summed E-state index contributed by atoms with van der Waals surface area (Å²) in [5.74, 6) is -1.67. The number of aromatic nitrogens is 2. The van der Waals surface area contributed by atoms with E-state index < -0.39 is 47.0 Å². The van der Waals surface area contributed by atoms with Crippen LogP contribution >= 0.6 is 0 Å². The summed E-state index contributed by atoms with van der Waals surface area (Å²) in [5.41, 5.74) is 1.04. The van der Waals surface area contributed by atoms with Crippen molar-refractivity contribution in [1.29, 1.82) is 0 Å². The molecular formula is C35H47N5O7. The Balaban J connectivity index is 1.69. The predicted molar refractivity (Wildman–Crippen MR) is 180 cm³/mol. The molecule has 3 rings (SSSR count). The number of fused-ring (bicyclic) bond motifs is 1. The molecule has 0 aliphatic rings. The molecule has 2 amide bonds. The summed E-state index contributed by atoms with van der Waals surface area (Å²) >= 11 is 0. The van der Waals surface area contributed by atoms with Crippen LogP contribution in [0, 0.1) is 6.92 Å². The number of aryl methyl sites for hydroxylation is 1. The number of carbonyl (C=O) groups excluding carboxylic acids is 4. The number of aromatic amines is 1. The number of H-pyrrole nitrogens is 1. The van der Waals surface area contributed by atoms with Gasteiger partial charge in [-0.15, -0.1) is 0 Å². The fourth-order valence-electron chi connectivity index (χ4n) is 4.73. The lowest BCUT2D eigenvalue weighted by Crippen LogP contribution is -2.46. The van der Waals surface area contributed by atoms with Crippen molar-refractivity contribution in [3.63, 3.8) is 0 Å². The van der Waals surface area contributed by atoms with Gasteiger partial charge in [-0.25, -0.2) is 14.6 Å². The molecule has 0 aliphatic heterocycles. The van der Waals surface area contributed by atoms with E-state index in [0.717, 1.165) is 11.3 Å². The van der Waals surface area contributed by atoms with Crippen LogP contribution in [0.1, 0.15) is 90.0 Å². The molecule has 3 N–H and O–H groups in total. The normalized spacial score (nSPS) is 13.0. The standard InChI is InChI=1S/C35H47N5O7/c1-10-40(20-23-11-16-27-26(19-23)31(43)38-22(3)37-27)25-14-12-24(13-15-25)30(42)39-28(33(45)47-35(7,8)9)17-18-29(41)36-21(2)32(44)46-34(4,5)6/h11-16,19,21,28H,10,17-18,20H2,1-9H3,(H,36,41)(H,39,42)(H,37,38,43)/t21-,28-/m0/s1. The van der Waals surface area contributed by atoms with Gasteiger partial charge in [-0.05, 0) is 111 Å². The van der Waals surface area contributed by atoms with Crippen LogP contribution in [-0.2, 0) is 30.4 Å². The van der Waals surface area contributed by atoms with Gasteiger partial charge in [0.05, 0.1) is 10.9 Å².